The molecule has 0 aromatic heterocycles. The Morgan fingerprint density at radius 1 is 1.21 bits per heavy atom. The lowest BCUT2D eigenvalue weighted by molar-refractivity contribution is -0.144. The fourth-order valence-electron chi connectivity index (χ4n) is 2.43. The van der Waals surface area contributed by atoms with Gasteiger partial charge >= 0.3 is 5.97 Å². The Labute approximate surface area is 152 Å². The SMILES string of the molecule is C=C[C@H](c1ccccc1)[C@@H](Nc1ccc(Cl)c(Cl)c1)C(=O)OCC. The molecule has 0 saturated carbocycles. The fourth-order valence-corrected chi connectivity index (χ4v) is 2.73. The highest BCUT2D eigenvalue weighted by Gasteiger charge is 2.29. The molecule has 0 aliphatic rings. The molecule has 0 radical (unpaired) electrons. The average Bonchev–Trinajstić information content (AvgIpc) is 2.59. The Morgan fingerprint density at radius 2 is 1.92 bits per heavy atom. The van der Waals surface area contributed by atoms with Crippen molar-refractivity contribution in [3.05, 3.63) is 76.8 Å². The van der Waals surface area contributed by atoms with E-state index in [4.69, 9.17) is 27.9 Å². The zero-order valence-corrected chi connectivity index (χ0v) is 14.8. The van der Waals surface area contributed by atoms with Crippen LogP contribution in [0.3, 0.4) is 0 Å². The van der Waals surface area contributed by atoms with E-state index < -0.39 is 6.04 Å². The number of carbonyl (C=O) groups is 1. The maximum absolute atomic E-state index is 12.5. The Morgan fingerprint density at radius 3 is 2.50 bits per heavy atom. The molecule has 0 fully saturated rings. The van der Waals surface area contributed by atoms with Crippen molar-refractivity contribution in [3.63, 3.8) is 0 Å². The van der Waals surface area contributed by atoms with Gasteiger partial charge in [0.2, 0.25) is 0 Å². The van der Waals surface area contributed by atoms with Crippen LogP contribution < -0.4 is 5.32 Å². The van der Waals surface area contributed by atoms with Crippen molar-refractivity contribution < 1.29 is 9.53 Å². The minimum Gasteiger partial charge on any atom is -0.464 e. The molecule has 0 unspecified atom stereocenters. The molecule has 24 heavy (non-hydrogen) atoms. The Hall–Kier alpha value is -1.97. The van der Waals surface area contributed by atoms with E-state index in [9.17, 15) is 4.79 Å². The van der Waals surface area contributed by atoms with Crippen molar-refractivity contribution in [3.8, 4) is 0 Å². The number of ether oxygens (including phenoxy) is 1. The van der Waals surface area contributed by atoms with E-state index in [2.05, 4.69) is 11.9 Å². The van der Waals surface area contributed by atoms with Crippen molar-refractivity contribution in [1.29, 1.82) is 0 Å². The van der Waals surface area contributed by atoms with E-state index in [0.29, 0.717) is 22.3 Å². The van der Waals surface area contributed by atoms with Gasteiger partial charge in [-0.25, -0.2) is 4.79 Å². The van der Waals surface area contributed by atoms with Gasteiger partial charge in [0.25, 0.3) is 0 Å². The molecule has 0 amide bonds. The van der Waals surface area contributed by atoms with Gasteiger partial charge in [0.1, 0.15) is 6.04 Å². The molecule has 0 heterocycles. The van der Waals surface area contributed by atoms with Crippen molar-refractivity contribution in [2.45, 2.75) is 18.9 Å². The minimum atomic E-state index is -0.623. The van der Waals surface area contributed by atoms with Crippen molar-refractivity contribution in [2.24, 2.45) is 0 Å². The summed E-state index contributed by atoms with van der Waals surface area (Å²) in [5, 5.41) is 4.06. The molecule has 2 aromatic rings. The summed E-state index contributed by atoms with van der Waals surface area (Å²) >= 11 is 12.0. The van der Waals surface area contributed by atoms with Gasteiger partial charge in [0, 0.05) is 11.6 Å². The van der Waals surface area contributed by atoms with Gasteiger partial charge in [-0.3, -0.25) is 0 Å². The number of hydrogen-bond donors (Lipinski definition) is 1. The smallest absolute Gasteiger partial charge is 0.329 e. The molecule has 5 heteroatoms. The van der Waals surface area contributed by atoms with Gasteiger partial charge in [0.05, 0.1) is 16.7 Å². The summed E-state index contributed by atoms with van der Waals surface area (Å²) in [5.74, 6) is -0.600. The summed E-state index contributed by atoms with van der Waals surface area (Å²) in [6.45, 7) is 5.96. The lowest BCUT2D eigenvalue weighted by atomic mass is 9.91. The molecule has 3 nitrogen and oxygen atoms in total. The molecule has 0 spiro atoms. The fraction of sp³-hybridized carbons (Fsp3) is 0.211. The monoisotopic (exact) mass is 363 g/mol. The summed E-state index contributed by atoms with van der Waals surface area (Å²) in [6.07, 6.45) is 1.74. The zero-order chi connectivity index (χ0) is 17.5. The Bertz CT molecular complexity index is 704. The number of benzene rings is 2. The molecule has 0 aliphatic heterocycles. The molecular weight excluding hydrogens is 345 g/mol. The van der Waals surface area contributed by atoms with E-state index in [1.165, 1.54) is 0 Å². The second-order valence-corrected chi connectivity index (χ2v) is 5.99. The molecule has 1 N–H and O–H groups in total. The molecule has 0 saturated heterocycles. The van der Waals surface area contributed by atoms with E-state index in [0.717, 1.165) is 5.56 Å². The van der Waals surface area contributed by atoms with E-state index in [1.807, 2.05) is 30.3 Å². The average molecular weight is 364 g/mol. The van der Waals surface area contributed by atoms with Crippen LogP contribution in [0.4, 0.5) is 5.69 Å². The van der Waals surface area contributed by atoms with Crippen LogP contribution in [0.15, 0.2) is 61.2 Å². The molecular formula is C19H19Cl2NO2. The second kappa shape index (κ2) is 8.76. The molecule has 0 bridgehead atoms. The minimum absolute atomic E-state index is 0.250. The first kappa shape index (κ1) is 18.4. The summed E-state index contributed by atoms with van der Waals surface area (Å²) in [7, 11) is 0. The number of esters is 1. The van der Waals surface area contributed by atoms with Crippen molar-refractivity contribution >= 4 is 34.9 Å². The predicted octanol–water partition coefficient (Wildman–Crippen LogP) is 5.31. The molecule has 126 valence electrons. The zero-order valence-electron chi connectivity index (χ0n) is 13.3. The third-order valence-electron chi connectivity index (χ3n) is 3.58. The predicted molar refractivity (Wildman–Crippen MR) is 99.9 cm³/mol. The quantitative estimate of drug-likeness (QED) is 0.535. The van der Waals surface area contributed by atoms with E-state index in [1.54, 1.807) is 31.2 Å². The van der Waals surface area contributed by atoms with Gasteiger partial charge in [-0.2, -0.15) is 0 Å². The van der Waals surface area contributed by atoms with Gasteiger partial charge in [-0.15, -0.1) is 6.58 Å². The third-order valence-corrected chi connectivity index (χ3v) is 4.32. The summed E-state index contributed by atoms with van der Waals surface area (Å²) in [5.41, 5.74) is 1.66. The van der Waals surface area contributed by atoms with Crippen LogP contribution in [0.25, 0.3) is 0 Å². The summed E-state index contributed by atoms with van der Waals surface area (Å²) < 4.78 is 5.23. The van der Waals surface area contributed by atoms with E-state index in [-0.39, 0.29) is 11.9 Å². The first-order valence-electron chi connectivity index (χ1n) is 7.62. The first-order valence-corrected chi connectivity index (χ1v) is 8.38. The number of carbonyl (C=O) groups excluding carboxylic acids is 1. The second-order valence-electron chi connectivity index (χ2n) is 5.18. The van der Waals surface area contributed by atoms with Crippen LogP contribution in [0.1, 0.15) is 18.4 Å². The van der Waals surface area contributed by atoms with Crippen LogP contribution in [0, 0.1) is 0 Å². The lowest BCUT2D eigenvalue weighted by Gasteiger charge is -2.25. The number of anilines is 1. The Kier molecular flexibility index (Phi) is 6.71. The molecule has 2 rings (SSSR count). The first-order chi connectivity index (χ1) is 11.6. The largest absolute Gasteiger partial charge is 0.464 e. The standard InChI is InChI=1S/C19H19Cl2NO2/c1-3-15(13-8-6-5-7-9-13)18(19(23)24-4-2)22-14-10-11-16(20)17(21)12-14/h3,5-12,15,18,22H,1,4H2,2H3/t15-,18-/m1/s1. The topological polar surface area (TPSA) is 38.3 Å². The van der Waals surface area contributed by atoms with Gasteiger partial charge in [0.15, 0.2) is 0 Å². The normalized spacial score (nSPS) is 13.0. The van der Waals surface area contributed by atoms with Crippen molar-refractivity contribution in [2.75, 3.05) is 11.9 Å². The van der Waals surface area contributed by atoms with Gasteiger partial charge in [-0.1, -0.05) is 59.6 Å². The van der Waals surface area contributed by atoms with E-state index >= 15 is 0 Å². The maximum atomic E-state index is 12.5. The number of rotatable bonds is 7. The molecule has 0 aliphatic carbocycles. The van der Waals surface area contributed by atoms with Crippen LogP contribution >= 0.6 is 23.2 Å². The summed E-state index contributed by atoms with van der Waals surface area (Å²) in [4.78, 5) is 12.5. The van der Waals surface area contributed by atoms with Crippen LogP contribution in [0.5, 0.6) is 0 Å². The van der Waals surface area contributed by atoms with Crippen molar-refractivity contribution in [1.82, 2.24) is 0 Å². The maximum Gasteiger partial charge on any atom is 0.329 e. The number of halogens is 2. The number of hydrogen-bond acceptors (Lipinski definition) is 3. The van der Waals surface area contributed by atoms with Gasteiger partial charge < -0.3 is 10.1 Å². The Balaban J connectivity index is 2.34. The highest BCUT2D eigenvalue weighted by atomic mass is 35.5. The van der Waals surface area contributed by atoms with Gasteiger partial charge in [-0.05, 0) is 30.7 Å². The summed E-state index contributed by atoms with van der Waals surface area (Å²) in [6, 6.07) is 14.2. The molecule has 2 atom stereocenters. The van der Waals surface area contributed by atoms with Crippen LogP contribution in [0.2, 0.25) is 10.0 Å². The molecule has 2 aromatic carbocycles. The highest BCUT2D eigenvalue weighted by Crippen LogP contribution is 2.29. The van der Waals surface area contributed by atoms with Crippen LogP contribution in [-0.4, -0.2) is 18.6 Å². The highest BCUT2D eigenvalue weighted by molar-refractivity contribution is 6.42. The number of nitrogens with one attached hydrogen (secondary N) is 1. The lowest BCUT2D eigenvalue weighted by Crippen LogP contribution is -2.36. The third kappa shape index (κ3) is 4.53. The van der Waals surface area contributed by atoms with Crippen LogP contribution in [-0.2, 0) is 9.53 Å².